The SMILES string of the molecule is C[C@H]1C[C@@H](N)C[C@@H](c2ccccc2)C1. The Hall–Kier alpha value is -0.820. The smallest absolute Gasteiger partial charge is 0.00471 e. The summed E-state index contributed by atoms with van der Waals surface area (Å²) in [5, 5.41) is 0. The number of hydrogen-bond donors (Lipinski definition) is 1. The molecule has 0 amide bonds. The van der Waals surface area contributed by atoms with E-state index in [0.717, 1.165) is 12.3 Å². The molecule has 0 radical (unpaired) electrons. The van der Waals surface area contributed by atoms with Crippen molar-refractivity contribution >= 4 is 0 Å². The quantitative estimate of drug-likeness (QED) is 0.722. The lowest BCUT2D eigenvalue weighted by atomic mass is 9.77. The third kappa shape index (κ3) is 2.16. The Labute approximate surface area is 86.3 Å². The van der Waals surface area contributed by atoms with E-state index in [0.29, 0.717) is 12.0 Å². The summed E-state index contributed by atoms with van der Waals surface area (Å²) in [5.41, 5.74) is 7.52. The first-order chi connectivity index (χ1) is 6.75. The minimum Gasteiger partial charge on any atom is -0.328 e. The summed E-state index contributed by atoms with van der Waals surface area (Å²) in [6.45, 7) is 2.31. The van der Waals surface area contributed by atoms with Crippen molar-refractivity contribution in [3.63, 3.8) is 0 Å². The van der Waals surface area contributed by atoms with Crippen LogP contribution in [-0.4, -0.2) is 6.04 Å². The molecule has 0 saturated heterocycles. The molecule has 1 heteroatoms. The number of hydrogen-bond acceptors (Lipinski definition) is 1. The van der Waals surface area contributed by atoms with Crippen LogP contribution in [0.1, 0.15) is 37.7 Å². The van der Waals surface area contributed by atoms with Crippen LogP contribution in [0.25, 0.3) is 0 Å². The van der Waals surface area contributed by atoms with Gasteiger partial charge in [-0.1, -0.05) is 37.3 Å². The molecule has 0 bridgehead atoms. The molecule has 76 valence electrons. The summed E-state index contributed by atoms with van der Waals surface area (Å²) in [4.78, 5) is 0. The van der Waals surface area contributed by atoms with Gasteiger partial charge in [0.05, 0.1) is 0 Å². The Bertz CT molecular complexity index is 271. The Morgan fingerprint density at radius 2 is 1.79 bits per heavy atom. The maximum absolute atomic E-state index is 6.05. The van der Waals surface area contributed by atoms with Crippen LogP contribution in [0.3, 0.4) is 0 Å². The Morgan fingerprint density at radius 3 is 2.43 bits per heavy atom. The average Bonchev–Trinajstić information content (AvgIpc) is 2.18. The number of rotatable bonds is 1. The van der Waals surface area contributed by atoms with Gasteiger partial charge < -0.3 is 5.73 Å². The maximum Gasteiger partial charge on any atom is 0.00471 e. The normalized spacial score (nSPS) is 32.9. The van der Waals surface area contributed by atoms with Gasteiger partial charge in [-0.2, -0.15) is 0 Å². The third-order valence-electron chi connectivity index (χ3n) is 3.25. The van der Waals surface area contributed by atoms with Gasteiger partial charge >= 0.3 is 0 Å². The van der Waals surface area contributed by atoms with E-state index in [1.807, 2.05) is 0 Å². The Balaban J connectivity index is 2.11. The first-order valence-electron chi connectivity index (χ1n) is 5.56. The van der Waals surface area contributed by atoms with Crippen LogP contribution in [0.2, 0.25) is 0 Å². The lowest BCUT2D eigenvalue weighted by molar-refractivity contribution is 0.308. The topological polar surface area (TPSA) is 26.0 Å². The van der Waals surface area contributed by atoms with E-state index in [4.69, 9.17) is 5.73 Å². The predicted molar refractivity (Wildman–Crippen MR) is 60.2 cm³/mol. The van der Waals surface area contributed by atoms with Crippen molar-refractivity contribution in [2.24, 2.45) is 11.7 Å². The molecule has 0 aromatic heterocycles. The molecule has 0 aliphatic heterocycles. The minimum absolute atomic E-state index is 0.406. The van der Waals surface area contributed by atoms with E-state index in [9.17, 15) is 0 Å². The van der Waals surface area contributed by atoms with E-state index in [2.05, 4.69) is 37.3 Å². The van der Waals surface area contributed by atoms with Gasteiger partial charge in [-0.25, -0.2) is 0 Å². The average molecular weight is 189 g/mol. The second kappa shape index (κ2) is 4.14. The van der Waals surface area contributed by atoms with Crippen molar-refractivity contribution < 1.29 is 0 Å². The van der Waals surface area contributed by atoms with E-state index < -0.39 is 0 Å². The first-order valence-corrected chi connectivity index (χ1v) is 5.56. The van der Waals surface area contributed by atoms with Crippen molar-refractivity contribution in [1.82, 2.24) is 0 Å². The lowest BCUT2D eigenvalue weighted by Gasteiger charge is -2.31. The molecule has 2 rings (SSSR count). The first kappa shape index (κ1) is 9.72. The van der Waals surface area contributed by atoms with Gasteiger partial charge in [-0.3, -0.25) is 0 Å². The molecule has 3 atom stereocenters. The molecule has 1 saturated carbocycles. The highest BCUT2D eigenvalue weighted by Gasteiger charge is 2.24. The summed E-state index contributed by atoms with van der Waals surface area (Å²) in [5.74, 6) is 1.47. The molecule has 1 aliphatic carbocycles. The molecule has 1 fully saturated rings. The van der Waals surface area contributed by atoms with Crippen LogP contribution in [0.5, 0.6) is 0 Å². The van der Waals surface area contributed by atoms with Crippen molar-refractivity contribution in [3.05, 3.63) is 35.9 Å². The second-order valence-electron chi connectivity index (χ2n) is 4.68. The van der Waals surface area contributed by atoms with Crippen molar-refractivity contribution in [2.45, 2.75) is 38.1 Å². The molecular formula is C13H19N. The van der Waals surface area contributed by atoms with Gasteiger partial charge in [0, 0.05) is 6.04 Å². The molecule has 1 aliphatic rings. The number of nitrogens with two attached hydrogens (primary N) is 1. The molecule has 0 unspecified atom stereocenters. The Kier molecular flexibility index (Phi) is 2.87. The zero-order valence-corrected chi connectivity index (χ0v) is 8.82. The Morgan fingerprint density at radius 1 is 1.07 bits per heavy atom. The zero-order chi connectivity index (χ0) is 9.97. The standard InChI is InChI=1S/C13H19N/c1-10-7-12(9-13(14)8-10)11-5-3-2-4-6-11/h2-6,10,12-13H,7-9,14H2,1H3/t10-,12+,13-/m1/s1. The van der Waals surface area contributed by atoms with Gasteiger partial charge in [0.2, 0.25) is 0 Å². The van der Waals surface area contributed by atoms with Gasteiger partial charge in [-0.05, 0) is 36.7 Å². The minimum atomic E-state index is 0.406. The highest BCUT2D eigenvalue weighted by Crippen LogP contribution is 2.35. The van der Waals surface area contributed by atoms with E-state index in [1.54, 1.807) is 0 Å². The van der Waals surface area contributed by atoms with Gasteiger partial charge in [0.15, 0.2) is 0 Å². The molecule has 0 heterocycles. The summed E-state index contributed by atoms with van der Waals surface area (Å²) in [6, 6.07) is 11.2. The predicted octanol–water partition coefficient (Wildman–Crippen LogP) is 2.92. The van der Waals surface area contributed by atoms with Gasteiger partial charge in [0.25, 0.3) is 0 Å². The van der Waals surface area contributed by atoms with Crippen LogP contribution >= 0.6 is 0 Å². The van der Waals surface area contributed by atoms with Gasteiger partial charge in [-0.15, -0.1) is 0 Å². The second-order valence-corrected chi connectivity index (χ2v) is 4.68. The van der Waals surface area contributed by atoms with Gasteiger partial charge in [0.1, 0.15) is 0 Å². The molecular weight excluding hydrogens is 170 g/mol. The molecule has 1 nitrogen and oxygen atoms in total. The lowest BCUT2D eigenvalue weighted by Crippen LogP contribution is -2.30. The van der Waals surface area contributed by atoms with E-state index in [1.165, 1.54) is 18.4 Å². The summed E-state index contributed by atoms with van der Waals surface area (Å²) < 4.78 is 0. The zero-order valence-electron chi connectivity index (χ0n) is 8.82. The molecule has 14 heavy (non-hydrogen) atoms. The fourth-order valence-electron chi connectivity index (χ4n) is 2.65. The molecule has 1 aromatic rings. The fraction of sp³-hybridized carbons (Fsp3) is 0.538. The number of benzene rings is 1. The molecule has 2 N–H and O–H groups in total. The summed E-state index contributed by atoms with van der Waals surface area (Å²) in [7, 11) is 0. The van der Waals surface area contributed by atoms with Crippen LogP contribution < -0.4 is 5.73 Å². The van der Waals surface area contributed by atoms with Crippen LogP contribution in [-0.2, 0) is 0 Å². The van der Waals surface area contributed by atoms with Crippen molar-refractivity contribution in [1.29, 1.82) is 0 Å². The van der Waals surface area contributed by atoms with E-state index >= 15 is 0 Å². The summed E-state index contributed by atoms with van der Waals surface area (Å²) >= 11 is 0. The fourth-order valence-corrected chi connectivity index (χ4v) is 2.65. The highest BCUT2D eigenvalue weighted by molar-refractivity contribution is 5.20. The van der Waals surface area contributed by atoms with Crippen LogP contribution in [0.15, 0.2) is 30.3 Å². The van der Waals surface area contributed by atoms with Crippen molar-refractivity contribution in [2.75, 3.05) is 0 Å². The van der Waals surface area contributed by atoms with Crippen molar-refractivity contribution in [3.8, 4) is 0 Å². The maximum atomic E-state index is 6.05. The molecule has 1 aromatic carbocycles. The highest BCUT2D eigenvalue weighted by atomic mass is 14.6. The summed E-state index contributed by atoms with van der Waals surface area (Å²) in [6.07, 6.45) is 3.66. The van der Waals surface area contributed by atoms with Crippen LogP contribution in [0, 0.1) is 5.92 Å². The largest absolute Gasteiger partial charge is 0.328 e. The molecule has 0 spiro atoms. The third-order valence-corrected chi connectivity index (χ3v) is 3.25. The van der Waals surface area contributed by atoms with E-state index in [-0.39, 0.29) is 0 Å². The van der Waals surface area contributed by atoms with Crippen LogP contribution in [0.4, 0.5) is 0 Å². The monoisotopic (exact) mass is 189 g/mol.